The van der Waals surface area contributed by atoms with Crippen molar-refractivity contribution in [1.82, 2.24) is 4.98 Å². The van der Waals surface area contributed by atoms with Gasteiger partial charge in [-0.1, -0.05) is 30.3 Å². The van der Waals surface area contributed by atoms with Crippen molar-refractivity contribution < 1.29 is 23.6 Å². The van der Waals surface area contributed by atoms with Crippen LogP contribution in [0.15, 0.2) is 66.7 Å². The first-order valence-electron chi connectivity index (χ1n) is 14.7. The number of nitrogens with one attached hydrogen (secondary N) is 2. The van der Waals surface area contributed by atoms with Crippen LogP contribution in [0.4, 0.5) is 4.39 Å². The molecule has 1 saturated heterocycles. The van der Waals surface area contributed by atoms with E-state index < -0.39 is 0 Å². The molecule has 0 radical (unpaired) electrons. The van der Waals surface area contributed by atoms with E-state index >= 15 is 0 Å². The summed E-state index contributed by atoms with van der Waals surface area (Å²) >= 11 is 0. The second-order valence-electron chi connectivity index (χ2n) is 11.2. The summed E-state index contributed by atoms with van der Waals surface area (Å²) in [6, 6.07) is 21.4. The number of benzene rings is 3. The molecule has 2 N–H and O–H groups in total. The predicted octanol–water partition coefficient (Wildman–Crippen LogP) is 6.23. The smallest absolute Gasteiger partial charge is 0.179 e. The fourth-order valence-corrected chi connectivity index (χ4v) is 7.12. The number of fused-ring (bicyclic) bond motifs is 2. The lowest BCUT2D eigenvalue weighted by atomic mass is 9.88. The van der Waals surface area contributed by atoms with Crippen LogP contribution < -0.4 is 14.4 Å². The summed E-state index contributed by atoms with van der Waals surface area (Å²) in [6.45, 7) is 7.04. The van der Waals surface area contributed by atoms with Gasteiger partial charge in [0.15, 0.2) is 5.78 Å². The minimum atomic E-state index is -0.263. The van der Waals surface area contributed by atoms with Crippen LogP contribution in [0.3, 0.4) is 0 Å². The summed E-state index contributed by atoms with van der Waals surface area (Å²) in [5, 5.41) is 1.09. The van der Waals surface area contributed by atoms with E-state index in [-0.39, 0.29) is 11.6 Å². The summed E-state index contributed by atoms with van der Waals surface area (Å²) in [6.07, 6.45) is 4.06. The largest absolute Gasteiger partial charge is 0.493 e. The van der Waals surface area contributed by atoms with E-state index in [1.807, 2.05) is 44.2 Å². The van der Waals surface area contributed by atoms with Gasteiger partial charge in [0.05, 0.1) is 37.1 Å². The fourth-order valence-electron chi connectivity index (χ4n) is 7.12. The highest BCUT2D eigenvalue weighted by Gasteiger charge is 2.47. The van der Waals surface area contributed by atoms with Crippen LogP contribution in [-0.2, 0) is 6.54 Å². The zero-order valence-electron chi connectivity index (χ0n) is 23.3. The molecule has 40 heavy (non-hydrogen) atoms. The van der Waals surface area contributed by atoms with Crippen molar-refractivity contribution in [2.75, 3.05) is 19.8 Å². The minimum absolute atomic E-state index is 0.231. The number of Topliss-reactive ketones (excluding diaryl/α,β-unsaturated/α-hetero) is 1. The van der Waals surface area contributed by atoms with Gasteiger partial charge in [-0.3, -0.25) is 4.79 Å². The molecule has 0 bridgehead atoms. The third kappa shape index (κ3) is 5.25. The number of para-hydroxylation sites is 1. The summed E-state index contributed by atoms with van der Waals surface area (Å²) in [4.78, 5) is 18.1. The van der Waals surface area contributed by atoms with E-state index in [9.17, 15) is 9.18 Å². The zero-order chi connectivity index (χ0) is 27.6. The number of H-pyrrole nitrogens is 1. The van der Waals surface area contributed by atoms with Gasteiger partial charge >= 0.3 is 0 Å². The number of ether oxygens (including phenoxy) is 2. The molecule has 208 valence electrons. The summed E-state index contributed by atoms with van der Waals surface area (Å²) in [5.41, 5.74) is 4.70. The lowest BCUT2D eigenvalue weighted by Gasteiger charge is -2.23. The van der Waals surface area contributed by atoms with E-state index in [2.05, 4.69) is 17.1 Å². The predicted molar refractivity (Wildman–Crippen MR) is 156 cm³/mol. The van der Waals surface area contributed by atoms with Gasteiger partial charge in [-0.25, -0.2) is 4.39 Å². The molecule has 2 unspecified atom stereocenters. The van der Waals surface area contributed by atoms with E-state index in [1.54, 1.807) is 17.0 Å². The summed E-state index contributed by atoms with van der Waals surface area (Å²) in [7, 11) is 0. The van der Waals surface area contributed by atoms with Crippen LogP contribution in [0.25, 0.3) is 22.0 Å². The van der Waals surface area contributed by atoms with Crippen molar-refractivity contribution in [3.05, 3.63) is 83.8 Å². The number of hydrogen-bond donors (Lipinski definition) is 2. The number of aromatic nitrogens is 1. The molecular weight excluding hydrogens is 503 g/mol. The number of likely N-dealkylation sites (tertiary alicyclic amines) is 1. The lowest BCUT2D eigenvalue weighted by Crippen LogP contribution is -3.12. The molecule has 1 aromatic heterocycles. The molecular formula is C34H38FN2O3+. The molecule has 2 aliphatic rings. The van der Waals surface area contributed by atoms with E-state index in [0.29, 0.717) is 37.5 Å². The number of rotatable bonds is 10. The molecule has 2 heterocycles. The summed E-state index contributed by atoms with van der Waals surface area (Å²) in [5.74, 6) is 2.55. The Kier molecular flexibility index (Phi) is 7.61. The van der Waals surface area contributed by atoms with Crippen LogP contribution in [0.5, 0.6) is 11.5 Å². The molecule has 6 heteroatoms. The van der Waals surface area contributed by atoms with Gasteiger partial charge < -0.3 is 19.4 Å². The molecule has 0 amide bonds. The quantitative estimate of drug-likeness (QED) is 0.234. The Balaban J connectivity index is 1.18. The maximum atomic E-state index is 13.6. The topological polar surface area (TPSA) is 55.8 Å². The maximum Gasteiger partial charge on any atom is 0.179 e. The molecule has 1 aliphatic carbocycles. The Morgan fingerprint density at radius 1 is 0.950 bits per heavy atom. The van der Waals surface area contributed by atoms with Gasteiger partial charge in [0.1, 0.15) is 23.9 Å². The van der Waals surface area contributed by atoms with Crippen molar-refractivity contribution >= 4 is 16.7 Å². The fraction of sp³-hybridized carbons (Fsp3) is 0.382. The number of carbonyl (C=O) groups excluding carboxylic acids is 1. The molecule has 4 atom stereocenters. The Morgan fingerprint density at radius 2 is 1.68 bits per heavy atom. The molecule has 2 fully saturated rings. The molecule has 3 aromatic carbocycles. The molecule has 5 nitrogen and oxygen atoms in total. The van der Waals surface area contributed by atoms with Crippen molar-refractivity contribution in [3.8, 4) is 22.6 Å². The Labute approximate surface area is 235 Å². The number of ketones is 1. The highest BCUT2D eigenvalue weighted by molar-refractivity contribution is 5.99. The van der Waals surface area contributed by atoms with Crippen LogP contribution in [-0.4, -0.2) is 36.6 Å². The van der Waals surface area contributed by atoms with Crippen LogP contribution >= 0.6 is 0 Å². The first-order chi connectivity index (χ1) is 19.5. The average Bonchev–Trinajstić information content (AvgIpc) is 3.67. The van der Waals surface area contributed by atoms with Gasteiger partial charge in [0.2, 0.25) is 0 Å². The monoisotopic (exact) mass is 541 g/mol. The molecule has 1 saturated carbocycles. The van der Waals surface area contributed by atoms with E-state index in [1.165, 1.54) is 17.7 Å². The Hall–Kier alpha value is -3.64. The van der Waals surface area contributed by atoms with Crippen molar-refractivity contribution in [2.45, 2.75) is 52.1 Å². The Morgan fingerprint density at radius 3 is 2.38 bits per heavy atom. The number of aromatic amines is 1. The SMILES string of the molecule is CCOc1cc(C[NH+]2CC[C@H]3C(CC(=O)c4cc5ccccc5[nH]4)CC[C@H]32)cc(OCC)c1-c1ccc(F)cc1. The van der Waals surface area contributed by atoms with Crippen molar-refractivity contribution in [2.24, 2.45) is 11.8 Å². The van der Waals surface area contributed by atoms with Crippen LogP contribution in [0, 0.1) is 17.7 Å². The van der Waals surface area contributed by atoms with Gasteiger partial charge in [0.25, 0.3) is 0 Å². The highest BCUT2D eigenvalue weighted by atomic mass is 19.1. The van der Waals surface area contributed by atoms with E-state index in [0.717, 1.165) is 71.6 Å². The Bertz CT molecular complexity index is 1430. The molecule has 4 aromatic rings. The standard InChI is InChI=1S/C34H37FN2O3/c1-3-39-32-17-22(18-33(40-4-2)34(32)23-9-12-26(35)13-10-23)21-37-16-15-27-24(11-14-30(27)37)20-31(38)29-19-25-7-5-6-8-28(25)36-29/h5-10,12-13,17-19,24,27,30,36H,3-4,11,14-16,20-21H2,1-2H3/p+1/t24?,27-,30+/m0/s1. The van der Waals surface area contributed by atoms with Crippen molar-refractivity contribution in [1.29, 1.82) is 0 Å². The minimum Gasteiger partial charge on any atom is -0.493 e. The second-order valence-corrected chi connectivity index (χ2v) is 11.2. The van der Waals surface area contributed by atoms with Gasteiger partial charge in [0, 0.05) is 35.2 Å². The number of hydrogen-bond acceptors (Lipinski definition) is 3. The normalized spacial score (nSPS) is 22.0. The van der Waals surface area contributed by atoms with Gasteiger partial charge in [-0.2, -0.15) is 0 Å². The first kappa shape index (κ1) is 26.6. The lowest BCUT2D eigenvalue weighted by molar-refractivity contribution is -0.927. The maximum absolute atomic E-state index is 13.6. The summed E-state index contributed by atoms with van der Waals surface area (Å²) < 4.78 is 25.8. The molecule has 6 rings (SSSR count). The third-order valence-electron chi connectivity index (χ3n) is 8.86. The van der Waals surface area contributed by atoms with Gasteiger partial charge in [-0.05, 0) is 74.6 Å². The molecule has 0 spiro atoms. The average molecular weight is 542 g/mol. The number of quaternary nitrogens is 1. The first-order valence-corrected chi connectivity index (χ1v) is 14.7. The number of carbonyl (C=O) groups is 1. The van der Waals surface area contributed by atoms with Crippen molar-refractivity contribution in [3.63, 3.8) is 0 Å². The third-order valence-corrected chi connectivity index (χ3v) is 8.86. The number of halogens is 1. The van der Waals surface area contributed by atoms with Crippen LogP contribution in [0.1, 0.15) is 55.6 Å². The second kappa shape index (κ2) is 11.5. The highest BCUT2D eigenvalue weighted by Crippen LogP contribution is 2.41. The van der Waals surface area contributed by atoms with E-state index in [4.69, 9.17) is 9.47 Å². The van der Waals surface area contributed by atoms with Crippen LogP contribution in [0.2, 0.25) is 0 Å². The zero-order valence-corrected chi connectivity index (χ0v) is 23.3. The van der Waals surface area contributed by atoms with Gasteiger partial charge in [-0.15, -0.1) is 0 Å². The molecule has 1 aliphatic heterocycles.